The third kappa shape index (κ3) is 3.45. The predicted molar refractivity (Wildman–Crippen MR) is 141 cm³/mol. The number of furan rings is 1. The molecule has 0 N–H and O–H groups in total. The summed E-state index contributed by atoms with van der Waals surface area (Å²) in [7, 11) is 1.82. The highest BCUT2D eigenvalue weighted by atomic mass is 19.1. The molecule has 6 rings (SSSR count). The first-order valence-corrected chi connectivity index (χ1v) is 11.8. The molecular formula is C32H22FN2O+. The third-order valence-corrected chi connectivity index (χ3v) is 6.77. The summed E-state index contributed by atoms with van der Waals surface area (Å²) >= 11 is 0. The van der Waals surface area contributed by atoms with Crippen LogP contribution >= 0.6 is 0 Å². The zero-order valence-corrected chi connectivity index (χ0v) is 19.9. The van der Waals surface area contributed by atoms with Crippen molar-refractivity contribution in [3.05, 3.63) is 114 Å². The van der Waals surface area contributed by atoms with Gasteiger partial charge in [-0.05, 0) is 47.4 Å². The lowest BCUT2D eigenvalue weighted by atomic mass is 9.95. The van der Waals surface area contributed by atoms with Crippen LogP contribution in [0.3, 0.4) is 0 Å². The highest BCUT2D eigenvalue weighted by Gasteiger charge is 2.23. The van der Waals surface area contributed by atoms with Crippen LogP contribution in [0, 0.1) is 24.1 Å². The van der Waals surface area contributed by atoms with Crippen molar-refractivity contribution in [2.45, 2.75) is 6.92 Å². The summed E-state index contributed by atoms with van der Waals surface area (Å²) < 4.78 is 22.2. The van der Waals surface area contributed by atoms with Crippen LogP contribution in [0.1, 0.15) is 11.1 Å². The van der Waals surface area contributed by atoms with E-state index in [4.69, 9.17) is 4.42 Å². The van der Waals surface area contributed by atoms with Gasteiger partial charge < -0.3 is 4.42 Å². The molecule has 0 saturated heterocycles. The number of hydrogen-bond donors (Lipinski definition) is 0. The second kappa shape index (κ2) is 8.48. The maximum Gasteiger partial charge on any atom is 0.216 e. The first-order valence-electron chi connectivity index (χ1n) is 11.8. The van der Waals surface area contributed by atoms with Gasteiger partial charge >= 0.3 is 0 Å². The number of aryl methyl sites for hydroxylation is 2. The highest BCUT2D eigenvalue weighted by molar-refractivity contribution is 6.15. The number of nitriles is 1. The standard InChI is InChI=1S/C32H22FN2O/c1-20-8-15-27-30-24(18-34)13-16-26(23-11-9-22(10-12-23)21-6-4-3-5-7-21)31(30)36-32(27)29(20)28-17-14-25(33)19-35(28)2/h3-17,19H,1-2H3/q+1. The number of rotatable bonds is 3. The monoisotopic (exact) mass is 469 g/mol. The Morgan fingerprint density at radius 1 is 0.778 bits per heavy atom. The van der Waals surface area contributed by atoms with Gasteiger partial charge in [-0.3, -0.25) is 0 Å². The largest absolute Gasteiger partial charge is 0.454 e. The fraction of sp³-hybridized carbons (Fsp3) is 0.0625. The molecule has 6 aromatic rings. The number of benzene rings is 4. The molecule has 3 nitrogen and oxygen atoms in total. The van der Waals surface area contributed by atoms with Crippen LogP contribution in [-0.4, -0.2) is 0 Å². The van der Waals surface area contributed by atoms with Crippen LogP contribution in [-0.2, 0) is 7.05 Å². The van der Waals surface area contributed by atoms with Gasteiger partial charge in [-0.15, -0.1) is 0 Å². The molecule has 0 aliphatic heterocycles. The molecule has 0 unspecified atom stereocenters. The van der Waals surface area contributed by atoms with Crippen LogP contribution in [0.2, 0.25) is 0 Å². The fourth-order valence-corrected chi connectivity index (χ4v) is 4.99. The van der Waals surface area contributed by atoms with E-state index in [0.29, 0.717) is 16.7 Å². The molecule has 4 heteroatoms. The summed E-state index contributed by atoms with van der Waals surface area (Å²) in [4.78, 5) is 0. The molecule has 0 bridgehead atoms. The van der Waals surface area contributed by atoms with Gasteiger partial charge in [0.1, 0.15) is 18.2 Å². The van der Waals surface area contributed by atoms with Crippen LogP contribution < -0.4 is 4.57 Å². The third-order valence-electron chi connectivity index (χ3n) is 6.77. The molecule has 0 spiro atoms. The Labute approximate surface area is 208 Å². The summed E-state index contributed by atoms with van der Waals surface area (Å²) in [5, 5.41) is 11.6. The maximum absolute atomic E-state index is 13.8. The summed E-state index contributed by atoms with van der Waals surface area (Å²) in [6.07, 6.45) is 1.46. The minimum absolute atomic E-state index is 0.302. The van der Waals surface area contributed by atoms with Crippen LogP contribution in [0.4, 0.5) is 4.39 Å². The van der Waals surface area contributed by atoms with Crippen molar-refractivity contribution in [1.29, 1.82) is 5.26 Å². The molecule has 4 aromatic carbocycles. The Bertz CT molecular complexity index is 1810. The minimum Gasteiger partial charge on any atom is -0.454 e. The van der Waals surface area contributed by atoms with E-state index >= 15 is 0 Å². The molecular weight excluding hydrogens is 447 g/mol. The quantitative estimate of drug-likeness (QED) is 0.249. The zero-order valence-electron chi connectivity index (χ0n) is 19.9. The van der Waals surface area contributed by atoms with Gasteiger partial charge in [-0.1, -0.05) is 66.7 Å². The van der Waals surface area contributed by atoms with E-state index in [1.54, 1.807) is 10.6 Å². The molecule has 0 saturated carbocycles. The first kappa shape index (κ1) is 21.8. The van der Waals surface area contributed by atoms with Gasteiger partial charge in [0, 0.05) is 22.4 Å². The van der Waals surface area contributed by atoms with Gasteiger partial charge in [0.15, 0.2) is 5.82 Å². The van der Waals surface area contributed by atoms with Gasteiger partial charge in [-0.25, -0.2) is 4.39 Å². The molecule has 2 aromatic heterocycles. The normalized spacial score (nSPS) is 11.2. The average Bonchev–Trinajstić information content (AvgIpc) is 3.29. The van der Waals surface area contributed by atoms with Crippen molar-refractivity contribution in [3.63, 3.8) is 0 Å². The maximum atomic E-state index is 13.8. The van der Waals surface area contributed by atoms with Crippen molar-refractivity contribution in [2.75, 3.05) is 0 Å². The number of halogens is 1. The van der Waals surface area contributed by atoms with Crippen molar-refractivity contribution >= 4 is 21.9 Å². The van der Waals surface area contributed by atoms with E-state index in [0.717, 1.165) is 49.8 Å². The Hall–Kier alpha value is -4.75. The van der Waals surface area contributed by atoms with Crippen molar-refractivity contribution in [1.82, 2.24) is 0 Å². The Morgan fingerprint density at radius 2 is 1.50 bits per heavy atom. The first-order chi connectivity index (χ1) is 17.5. The number of fused-ring (bicyclic) bond motifs is 3. The minimum atomic E-state index is -0.302. The number of aromatic nitrogens is 1. The van der Waals surface area contributed by atoms with Crippen LogP contribution in [0.25, 0.3) is 55.4 Å². The molecule has 0 amide bonds. The van der Waals surface area contributed by atoms with Crippen molar-refractivity contribution < 1.29 is 13.4 Å². The van der Waals surface area contributed by atoms with Crippen molar-refractivity contribution in [2.24, 2.45) is 7.05 Å². The molecule has 0 aliphatic rings. The molecule has 0 fully saturated rings. The highest BCUT2D eigenvalue weighted by Crippen LogP contribution is 2.42. The second-order valence-electron chi connectivity index (χ2n) is 9.00. The Balaban J connectivity index is 1.60. The average molecular weight is 470 g/mol. The van der Waals surface area contributed by atoms with E-state index in [-0.39, 0.29) is 5.82 Å². The summed E-state index contributed by atoms with van der Waals surface area (Å²) in [6.45, 7) is 2.01. The van der Waals surface area contributed by atoms with E-state index < -0.39 is 0 Å². The van der Waals surface area contributed by atoms with Gasteiger partial charge in [0.05, 0.1) is 17.2 Å². The van der Waals surface area contributed by atoms with Gasteiger partial charge in [0.2, 0.25) is 11.9 Å². The molecule has 172 valence electrons. The molecule has 36 heavy (non-hydrogen) atoms. The van der Waals surface area contributed by atoms with Crippen LogP contribution in [0.15, 0.2) is 102 Å². The lowest BCUT2D eigenvalue weighted by Gasteiger charge is -2.06. The fourth-order valence-electron chi connectivity index (χ4n) is 4.99. The molecule has 0 radical (unpaired) electrons. The smallest absolute Gasteiger partial charge is 0.216 e. The van der Waals surface area contributed by atoms with Crippen LogP contribution in [0.5, 0.6) is 0 Å². The van der Waals surface area contributed by atoms with Gasteiger partial charge in [0.25, 0.3) is 0 Å². The summed E-state index contributed by atoms with van der Waals surface area (Å²) in [5.41, 5.74) is 8.89. The Morgan fingerprint density at radius 3 is 2.22 bits per heavy atom. The SMILES string of the molecule is Cc1ccc2c(oc3c(-c4ccc(-c5ccccc5)cc4)ccc(C#N)c32)c1-c1ccc(F)c[n+]1C. The molecule has 0 atom stereocenters. The van der Waals surface area contributed by atoms with Crippen molar-refractivity contribution in [3.8, 4) is 39.6 Å². The molecule has 0 aliphatic carbocycles. The van der Waals surface area contributed by atoms with E-state index in [1.165, 1.54) is 12.3 Å². The van der Waals surface area contributed by atoms with E-state index in [9.17, 15) is 9.65 Å². The number of pyridine rings is 1. The number of hydrogen-bond acceptors (Lipinski definition) is 2. The second-order valence-corrected chi connectivity index (χ2v) is 9.00. The molecule has 2 heterocycles. The summed E-state index contributed by atoms with van der Waals surface area (Å²) in [6, 6.07) is 32.0. The zero-order chi connectivity index (χ0) is 24.8. The van der Waals surface area contributed by atoms with E-state index in [1.807, 2.05) is 56.4 Å². The van der Waals surface area contributed by atoms with Gasteiger partial charge in [-0.2, -0.15) is 9.83 Å². The Kier molecular flexibility index (Phi) is 5.13. The van der Waals surface area contributed by atoms with E-state index in [2.05, 4.69) is 42.5 Å². The summed E-state index contributed by atoms with van der Waals surface area (Å²) in [5.74, 6) is -0.302. The lowest BCUT2D eigenvalue weighted by molar-refractivity contribution is -0.661. The topological polar surface area (TPSA) is 40.8 Å². The predicted octanol–water partition coefficient (Wildman–Crippen LogP) is 7.73. The number of nitrogens with zero attached hydrogens (tertiary/aromatic N) is 2. The lowest BCUT2D eigenvalue weighted by Crippen LogP contribution is -2.31.